The number of hydrogen-bond donors (Lipinski definition) is 4. The first kappa shape index (κ1) is 24.5. The van der Waals surface area contributed by atoms with Gasteiger partial charge in [-0.05, 0) is 22.3 Å². The Morgan fingerprint density at radius 1 is 1.00 bits per heavy atom. The minimum atomic E-state index is -1.24. The Labute approximate surface area is 185 Å². The van der Waals surface area contributed by atoms with Crippen LogP contribution in [0.1, 0.15) is 37.6 Å². The number of benzene rings is 2. The summed E-state index contributed by atoms with van der Waals surface area (Å²) in [7, 11) is 0. The molecule has 1 unspecified atom stereocenters. The lowest BCUT2D eigenvalue weighted by Crippen LogP contribution is -2.55. The molecule has 170 valence electrons. The Balaban J connectivity index is 2.09. The van der Waals surface area contributed by atoms with Crippen LogP contribution >= 0.6 is 0 Å². The topological polar surface area (TPSA) is 142 Å². The third-order valence-electron chi connectivity index (χ3n) is 4.77. The van der Waals surface area contributed by atoms with Gasteiger partial charge in [0.05, 0.1) is 19.0 Å². The van der Waals surface area contributed by atoms with Crippen LogP contribution in [0, 0.1) is 5.41 Å². The van der Waals surface area contributed by atoms with Crippen LogP contribution in [0.25, 0.3) is 10.8 Å². The second kappa shape index (κ2) is 10.5. The second-order valence-corrected chi connectivity index (χ2v) is 8.42. The van der Waals surface area contributed by atoms with Crippen LogP contribution in [0.5, 0.6) is 0 Å². The van der Waals surface area contributed by atoms with Gasteiger partial charge in [-0.1, -0.05) is 57.2 Å². The minimum Gasteiger partial charge on any atom is -0.481 e. The van der Waals surface area contributed by atoms with Crippen LogP contribution in [0.2, 0.25) is 0 Å². The van der Waals surface area contributed by atoms with Crippen molar-refractivity contribution in [2.75, 3.05) is 6.54 Å². The van der Waals surface area contributed by atoms with Crippen molar-refractivity contribution in [1.82, 2.24) is 16.0 Å². The van der Waals surface area contributed by atoms with E-state index >= 15 is 0 Å². The second-order valence-electron chi connectivity index (χ2n) is 8.42. The fourth-order valence-electron chi connectivity index (χ4n) is 3.16. The van der Waals surface area contributed by atoms with Gasteiger partial charge in [0.1, 0.15) is 12.3 Å². The Hall–Kier alpha value is -3.75. The van der Waals surface area contributed by atoms with Crippen molar-refractivity contribution in [1.29, 1.82) is 0 Å². The van der Waals surface area contributed by atoms with Gasteiger partial charge in [-0.3, -0.25) is 19.2 Å². The Morgan fingerprint density at radius 2 is 1.66 bits per heavy atom. The van der Waals surface area contributed by atoms with Gasteiger partial charge in [0.2, 0.25) is 11.8 Å². The number of fused-ring (bicyclic) bond motifs is 1. The third kappa shape index (κ3) is 6.63. The lowest BCUT2D eigenvalue weighted by atomic mass is 9.85. The van der Waals surface area contributed by atoms with E-state index in [9.17, 15) is 24.0 Å². The van der Waals surface area contributed by atoms with Crippen molar-refractivity contribution >= 4 is 40.7 Å². The maximum absolute atomic E-state index is 13.0. The zero-order chi connectivity index (χ0) is 23.9. The maximum Gasteiger partial charge on any atom is 0.305 e. The van der Waals surface area contributed by atoms with E-state index in [2.05, 4.69) is 16.0 Å². The number of carboxylic acid groups (broad SMARTS) is 1. The first-order valence-electron chi connectivity index (χ1n) is 10.1. The molecule has 0 radical (unpaired) electrons. The SMILES string of the molecule is CC(C)(C)C(NC(=O)c1cccc2ccccc12)C(=O)NCC(=O)N[C@H](C=O)CC(=O)O. The molecule has 2 aromatic carbocycles. The van der Waals surface area contributed by atoms with Crippen molar-refractivity contribution in [3.63, 3.8) is 0 Å². The summed E-state index contributed by atoms with van der Waals surface area (Å²) in [4.78, 5) is 59.4. The summed E-state index contributed by atoms with van der Waals surface area (Å²) in [5, 5.41) is 17.8. The lowest BCUT2D eigenvalue weighted by Gasteiger charge is -2.30. The highest BCUT2D eigenvalue weighted by molar-refractivity contribution is 6.08. The van der Waals surface area contributed by atoms with Crippen molar-refractivity contribution in [2.24, 2.45) is 5.41 Å². The molecule has 32 heavy (non-hydrogen) atoms. The molecule has 2 atom stereocenters. The quantitative estimate of drug-likeness (QED) is 0.432. The molecule has 0 aliphatic carbocycles. The highest BCUT2D eigenvalue weighted by atomic mass is 16.4. The van der Waals surface area contributed by atoms with Gasteiger partial charge in [0.25, 0.3) is 5.91 Å². The smallest absolute Gasteiger partial charge is 0.305 e. The number of rotatable bonds is 9. The van der Waals surface area contributed by atoms with Crippen LogP contribution in [-0.4, -0.2) is 53.7 Å². The molecule has 0 fully saturated rings. The average molecular weight is 441 g/mol. The molecule has 3 amide bonds. The Bertz CT molecular complexity index is 1020. The molecular weight excluding hydrogens is 414 g/mol. The number of aliphatic carboxylic acids is 1. The number of aldehydes is 1. The van der Waals surface area contributed by atoms with Crippen molar-refractivity contribution in [3.8, 4) is 0 Å². The fraction of sp³-hybridized carbons (Fsp3) is 0.348. The van der Waals surface area contributed by atoms with Crippen LogP contribution in [0.3, 0.4) is 0 Å². The van der Waals surface area contributed by atoms with Gasteiger partial charge in [-0.25, -0.2) is 0 Å². The normalized spacial score (nSPS) is 13.0. The summed E-state index contributed by atoms with van der Waals surface area (Å²) < 4.78 is 0. The van der Waals surface area contributed by atoms with Gasteiger partial charge >= 0.3 is 5.97 Å². The van der Waals surface area contributed by atoms with Gasteiger partial charge in [0, 0.05) is 5.56 Å². The number of carboxylic acids is 1. The highest BCUT2D eigenvalue weighted by Gasteiger charge is 2.33. The van der Waals surface area contributed by atoms with E-state index in [-0.39, 0.29) is 0 Å². The van der Waals surface area contributed by atoms with Crippen molar-refractivity contribution in [2.45, 2.75) is 39.3 Å². The number of amides is 3. The van der Waals surface area contributed by atoms with Gasteiger partial charge < -0.3 is 25.9 Å². The molecule has 4 N–H and O–H groups in total. The molecule has 2 aromatic rings. The fourth-order valence-corrected chi connectivity index (χ4v) is 3.16. The predicted molar refractivity (Wildman–Crippen MR) is 118 cm³/mol. The highest BCUT2D eigenvalue weighted by Crippen LogP contribution is 2.22. The van der Waals surface area contributed by atoms with Gasteiger partial charge in [-0.15, -0.1) is 0 Å². The lowest BCUT2D eigenvalue weighted by molar-refractivity contribution is -0.139. The summed E-state index contributed by atoms with van der Waals surface area (Å²) in [5.74, 6) is -2.97. The number of carbonyl (C=O) groups is 5. The average Bonchev–Trinajstić information content (AvgIpc) is 2.73. The van der Waals surface area contributed by atoms with E-state index in [1.807, 2.05) is 30.3 Å². The van der Waals surface area contributed by atoms with Crippen LogP contribution in [-0.2, 0) is 19.2 Å². The molecule has 0 aliphatic heterocycles. The van der Waals surface area contributed by atoms with E-state index in [0.717, 1.165) is 10.8 Å². The van der Waals surface area contributed by atoms with E-state index < -0.39 is 54.2 Å². The summed E-state index contributed by atoms with van der Waals surface area (Å²) in [6.45, 7) is 4.85. The van der Waals surface area contributed by atoms with E-state index in [1.54, 1.807) is 32.9 Å². The largest absolute Gasteiger partial charge is 0.481 e. The van der Waals surface area contributed by atoms with E-state index in [1.165, 1.54) is 0 Å². The predicted octanol–water partition coefficient (Wildman–Crippen LogP) is 1.26. The maximum atomic E-state index is 13.0. The third-order valence-corrected chi connectivity index (χ3v) is 4.77. The number of nitrogens with one attached hydrogen (secondary N) is 3. The molecule has 9 heteroatoms. The number of hydrogen-bond acceptors (Lipinski definition) is 5. The van der Waals surface area contributed by atoms with Crippen molar-refractivity contribution in [3.05, 3.63) is 48.0 Å². The van der Waals surface area contributed by atoms with Gasteiger partial charge in [-0.2, -0.15) is 0 Å². The van der Waals surface area contributed by atoms with Crippen LogP contribution in [0.15, 0.2) is 42.5 Å². The minimum absolute atomic E-state index is 0.316. The molecule has 0 bridgehead atoms. The summed E-state index contributed by atoms with van der Waals surface area (Å²) in [5.41, 5.74) is -0.250. The van der Waals surface area contributed by atoms with Gasteiger partial charge in [0.15, 0.2) is 0 Å². The monoisotopic (exact) mass is 441 g/mol. The summed E-state index contributed by atoms with van der Waals surface area (Å²) in [6, 6.07) is 10.6. The molecule has 0 aliphatic rings. The zero-order valence-corrected chi connectivity index (χ0v) is 18.2. The van der Waals surface area contributed by atoms with Crippen LogP contribution < -0.4 is 16.0 Å². The first-order valence-corrected chi connectivity index (χ1v) is 10.1. The van der Waals surface area contributed by atoms with E-state index in [0.29, 0.717) is 11.8 Å². The van der Waals surface area contributed by atoms with E-state index in [4.69, 9.17) is 5.11 Å². The Kier molecular flexibility index (Phi) is 8.06. The molecule has 0 saturated carbocycles. The molecular formula is C23H27N3O6. The molecule has 0 saturated heterocycles. The summed E-state index contributed by atoms with van der Waals surface area (Å²) >= 11 is 0. The molecule has 0 aromatic heterocycles. The van der Waals surface area contributed by atoms with Crippen LogP contribution in [0.4, 0.5) is 0 Å². The molecule has 9 nitrogen and oxygen atoms in total. The molecule has 2 rings (SSSR count). The summed E-state index contributed by atoms with van der Waals surface area (Å²) in [6.07, 6.45) is -0.245. The first-order chi connectivity index (χ1) is 15.0. The van der Waals surface area contributed by atoms with Crippen molar-refractivity contribution < 1.29 is 29.1 Å². The molecule has 0 spiro atoms. The Morgan fingerprint density at radius 3 is 2.28 bits per heavy atom. The zero-order valence-electron chi connectivity index (χ0n) is 18.2. The standard InChI is InChI=1S/C23H27N3O6/c1-23(2,3)20(22(32)24-12-18(28)25-15(13-27)11-19(29)30)26-21(31)17-10-6-8-14-7-4-5-9-16(14)17/h4-10,13,15,20H,11-12H2,1-3H3,(H,24,32)(H,25,28)(H,26,31)(H,29,30)/t15-,20?/m0/s1. The number of carbonyl (C=O) groups excluding carboxylic acids is 4. The molecule has 0 heterocycles.